The van der Waals surface area contributed by atoms with Gasteiger partial charge < -0.3 is 19.5 Å². The standard InChI is InChI=1S/C21H25N3O/c1-14-17-7-8-24(10-9-22(2)3)13-15(17)11-19-18-12-16(25)5-6-20(18)23(4)21(14)19/h5-8,11-12,25H,9-10,13H2,1-4H3. The van der Waals surface area contributed by atoms with Gasteiger partial charge in [-0.05, 0) is 68.1 Å². The second-order valence-electron chi connectivity index (χ2n) is 7.32. The third kappa shape index (κ3) is 2.57. The third-order valence-electron chi connectivity index (χ3n) is 5.31. The number of nitrogens with zero attached hydrogens (tertiary/aromatic N) is 3. The summed E-state index contributed by atoms with van der Waals surface area (Å²) in [6, 6.07) is 7.96. The number of hydrogen-bond acceptors (Lipinski definition) is 3. The Balaban J connectivity index is 1.87. The average molecular weight is 335 g/mol. The molecule has 0 saturated carbocycles. The molecule has 0 spiro atoms. The quantitative estimate of drug-likeness (QED) is 0.792. The van der Waals surface area contributed by atoms with E-state index >= 15 is 0 Å². The van der Waals surface area contributed by atoms with E-state index in [0.29, 0.717) is 5.75 Å². The second-order valence-corrected chi connectivity index (χ2v) is 7.32. The van der Waals surface area contributed by atoms with Gasteiger partial charge in [-0.2, -0.15) is 0 Å². The molecule has 4 rings (SSSR count). The minimum atomic E-state index is 0.322. The fraction of sp³-hybridized carbons (Fsp3) is 0.333. The molecule has 1 aliphatic rings. The van der Waals surface area contributed by atoms with E-state index in [2.05, 4.69) is 60.8 Å². The average Bonchev–Trinajstić information content (AvgIpc) is 2.85. The SMILES string of the molecule is Cc1c2c(cc3c4cc(O)ccc4n(C)c13)CN(CCN(C)C)C=C2. The van der Waals surface area contributed by atoms with Crippen molar-refractivity contribution in [3.05, 3.63) is 47.2 Å². The summed E-state index contributed by atoms with van der Waals surface area (Å²) in [7, 11) is 6.33. The lowest BCUT2D eigenvalue weighted by Crippen LogP contribution is -2.29. The van der Waals surface area contributed by atoms with E-state index in [1.807, 2.05) is 12.1 Å². The van der Waals surface area contributed by atoms with Crippen LogP contribution >= 0.6 is 0 Å². The van der Waals surface area contributed by atoms with Gasteiger partial charge in [-0.15, -0.1) is 0 Å². The van der Waals surface area contributed by atoms with Crippen LogP contribution < -0.4 is 0 Å². The predicted octanol–water partition coefficient (Wildman–Crippen LogP) is 3.69. The van der Waals surface area contributed by atoms with E-state index < -0.39 is 0 Å². The minimum absolute atomic E-state index is 0.322. The van der Waals surface area contributed by atoms with Gasteiger partial charge in [0.05, 0.1) is 5.52 Å². The maximum atomic E-state index is 9.94. The topological polar surface area (TPSA) is 31.6 Å². The van der Waals surface area contributed by atoms with E-state index in [4.69, 9.17) is 0 Å². The van der Waals surface area contributed by atoms with Crippen molar-refractivity contribution in [2.24, 2.45) is 7.05 Å². The van der Waals surface area contributed by atoms with Crippen LogP contribution in [0.25, 0.3) is 27.9 Å². The molecule has 0 aliphatic carbocycles. The van der Waals surface area contributed by atoms with Crippen LogP contribution in [0.1, 0.15) is 16.7 Å². The Morgan fingerprint density at radius 1 is 1.16 bits per heavy atom. The molecule has 1 aliphatic heterocycles. The van der Waals surface area contributed by atoms with Gasteiger partial charge in [0.2, 0.25) is 0 Å². The number of phenolic OH excluding ortho intramolecular Hbond substituents is 1. The maximum Gasteiger partial charge on any atom is 0.116 e. The molecule has 0 unspecified atom stereocenters. The number of aromatic hydroxyl groups is 1. The van der Waals surface area contributed by atoms with Crippen molar-refractivity contribution in [2.75, 3.05) is 27.2 Å². The van der Waals surface area contributed by atoms with Gasteiger partial charge in [0.25, 0.3) is 0 Å². The fourth-order valence-electron chi connectivity index (χ4n) is 3.98. The Morgan fingerprint density at radius 2 is 1.96 bits per heavy atom. The van der Waals surface area contributed by atoms with Gasteiger partial charge >= 0.3 is 0 Å². The molecule has 130 valence electrons. The molecule has 0 fully saturated rings. The predicted molar refractivity (Wildman–Crippen MR) is 105 cm³/mol. The lowest BCUT2D eigenvalue weighted by molar-refractivity contribution is 0.301. The lowest BCUT2D eigenvalue weighted by atomic mass is 9.95. The van der Waals surface area contributed by atoms with E-state index in [-0.39, 0.29) is 0 Å². The summed E-state index contributed by atoms with van der Waals surface area (Å²) >= 11 is 0. The van der Waals surface area contributed by atoms with Crippen molar-refractivity contribution >= 4 is 27.9 Å². The molecule has 2 aromatic carbocycles. The number of fused-ring (bicyclic) bond motifs is 4. The zero-order valence-electron chi connectivity index (χ0n) is 15.4. The molecule has 1 N–H and O–H groups in total. The van der Waals surface area contributed by atoms with Crippen LogP contribution in [0.15, 0.2) is 30.5 Å². The summed E-state index contributed by atoms with van der Waals surface area (Å²) in [5.74, 6) is 0.322. The van der Waals surface area contributed by atoms with Crippen molar-refractivity contribution < 1.29 is 5.11 Å². The van der Waals surface area contributed by atoms with Gasteiger partial charge in [-0.25, -0.2) is 0 Å². The summed E-state index contributed by atoms with van der Waals surface area (Å²) < 4.78 is 2.24. The highest BCUT2D eigenvalue weighted by atomic mass is 16.3. The highest BCUT2D eigenvalue weighted by molar-refractivity contribution is 6.10. The first-order valence-corrected chi connectivity index (χ1v) is 8.76. The molecule has 0 radical (unpaired) electrons. The molecule has 2 heterocycles. The van der Waals surface area contributed by atoms with Crippen molar-refractivity contribution in [3.8, 4) is 5.75 Å². The number of aromatic nitrogens is 1. The minimum Gasteiger partial charge on any atom is -0.508 e. The number of benzene rings is 2. The monoisotopic (exact) mass is 335 g/mol. The first-order chi connectivity index (χ1) is 12.0. The Bertz CT molecular complexity index is 998. The highest BCUT2D eigenvalue weighted by Crippen LogP contribution is 2.37. The van der Waals surface area contributed by atoms with Crippen LogP contribution in [-0.4, -0.2) is 46.7 Å². The first-order valence-electron chi connectivity index (χ1n) is 8.76. The zero-order valence-corrected chi connectivity index (χ0v) is 15.4. The number of likely N-dealkylation sites (N-methyl/N-ethyl adjacent to an activating group) is 1. The van der Waals surface area contributed by atoms with Gasteiger partial charge in [0.1, 0.15) is 5.75 Å². The van der Waals surface area contributed by atoms with Crippen LogP contribution in [-0.2, 0) is 13.6 Å². The van der Waals surface area contributed by atoms with E-state index in [1.54, 1.807) is 6.07 Å². The Kier molecular flexibility index (Phi) is 3.73. The maximum absolute atomic E-state index is 9.94. The number of phenols is 1. The van der Waals surface area contributed by atoms with Crippen molar-refractivity contribution in [3.63, 3.8) is 0 Å². The van der Waals surface area contributed by atoms with Gasteiger partial charge in [0, 0.05) is 49.2 Å². The molecular formula is C21H25N3O. The molecule has 4 nitrogen and oxygen atoms in total. The van der Waals surface area contributed by atoms with Gasteiger partial charge in [-0.3, -0.25) is 0 Å². The second kappa shape index (κ2) is 5.81. The number of aryl methyl sites for hydroxylation is 2. The molecule has 3 aromatic rings. The van der Waals surface area contributed by atoms with Crippen LogP contribution in [0, 0.1) is 6.92 Å². The highest BCUT2D eigenvalue weighted by Gasteiger charge is 2.19. The van der Waals surface area contributed by atoms with Crippen molar-refractivity contribution in [2.45, 2.75) is 13.5 Å². The molecule has 1 aromatic heterocycles. The van der Waals surface area contributed by atoms with E-state index in [1.165, 1.54) is 27.6 Å². The van der Waals surface area contributed by atoms with Crippen LogP contribution in [0.2, 0.25) is 0 Å². The summed E-state index contributed by atoms with van der Waals surface area (Å²) in [5, 5.41) is 12.3. The van der Waals surface area contributed by atoms with Crippen molar-refractivity contribution in [1.82, 2.24) is 14.4 Å². The summed E-state index contributed by atoms with van der Waals surface area (Å²) in [6.45, 7) is 5.21. The number of hydrogen-bond donors (Lipinski definition) is 1. The summed E-state index contributed by atoms with van der Waals surface area (Å²) in [4.78, 5) is 4.58. The summed E-state index contributed by atoms with van der Waals surface area (Å²) in [5.41, 5.74) is 6.43. The Hall–Kier alpha value is -2.46. The van der Waals surface area contributed by atoms with Crippen molar-refractivity contribution in [1.29, 1.82) is 0 Å². The van der Waals surface area contributed by atoms with E-state index in [0.717, 1.165) is 30.5 Å². The zero-order chi connectivity index (χ0) is 17.7. The summed E-state index contributed by atoms with van der Waals surface area (Å²) in [6.07, 6.45) is 4.47. The van der Waals surface area contributed by atoms with Gasteiger partial charge in [0.15, 0.2) is 0 Å². The first kappa shape index (κ1) is 16.0. The smallest absolute Gasteiger partial charge is 0.116 e. The molecule has 0 atom stereocenters. The largest absolute Gasteiger partial charge is 0.508 e. The normalized spacial score (nSPS) is 14.0. The molecule has 0 saturated heterocycles. The number of rotatable bonds is 3. The molecule has 0 amide bonds. The van der Waals surface area contributed by atoms with Crippen LogP contribution in [0.5, 0.6) is 5.75 Å². The fourth-order valence-corrected chi connectivity index (χ4v) is 3.98. The molecular weight excluding hydrogens is 310 g/mol. The Morgan fingerprint density at radius 3 is 2.72 bits per heavy atom. The lowest BCUT2D eigenvalue weighted by Gasteiger charge is -2.27. The Labute approximate surface area is 148 Å². The van der Waals surface area contributed by atoms with Crippen LogP contribution in [0.4, 0.5) is 0 Å². The third-order valence-corrected chi connectivity index (χ3v) is 5.31. The molecule has 4 heteroatoms. The molecule has 25 heavy (non-hydrogen) atoms. The van der Waals surface area contributed by atoms with Crippen LogP contribution in [0.3, 0.4) is 0 Å². The van der Waals surface area contributed by atoms with Gasteiger partial charge in [-0.1, -0.05) is 0 Å². The molecule has 0 bridgehead atoms. The van der Waals surface area contributed by atoms with E-state index in [9.17, 15) is 5.11 Å².